The van der Waals surface area contributed by atoms with E-state index in [9.17, 15) is 0 Å². The monoisotopic (exact) mass is 548 g/mol. The molecule has 41 heavy (non-hydrogen) atoms. The topological polar surface area (TPSA) is 18.5 Å². The van der Waals surface area contributed by atoms with Crippen LogP contribution in [0.3, 0.4) is 0 Å². The molecule has 0 heterocycles. The van der Waals surface area contributed by atoms with Gasteiger partial charge in [0.05, 0.1) is 0 Å². The third-order valence-corrected chi connectivity index (χ3v) is 8.23. The average Bonchev–Trinajstić information content (AvgIpc) is 2.93. The fourth-order valence-electron chi connectivity index (χ4n) is 5.60. The number of hydrogen-bond acceptors (Lipinski definition) is 2. The first kappa shape index (κ1) is 30.4. The zero-order valence-corrected chi connectivity index (χ0v) is 26.7. The third kappa shape index (κ3) is 7.04. The standard InChI is InChI=1S/C39H48O2/c1-25(2)35-21-19-33(23-37(35)27(5)6)40-31-15-11-29(12-16-31)39(9,10)30-13-17-32(18-14-30)41-34-20-22-36(26(3)4)38(24-34)28(7)8/h11-28H,1-10H3. The van der Waals surface area contributed by atoms with Crippen LogP contribution in [-0.4, -0.2) is 0 Å². The Morgan fingerprint density at radius 3 is 0.976 bits per heavy atom. The van der Waals surface area contributed by atoms with Crippen LogP contribution in [0.2, 0.25) is 0 Å². The van der Waals surface area contributed by atoms with Crippen LogP contribution in [0, 0.1) is 0 Å². The first-order valence-corrected chi connectivity index (χ1v) is 15.2. The minimum atomic E-state index is -0.162. The molecule has 0 atom stereocenters. The van der Waals surface area contributed by atoms with Gasteiger partial charge in [-0.3, -0.25) is 0 Å². The van der Waals surface area contributed by atoms with Gasteiger partial charge in [-0.1, -0.05) is 106 Å². The Morgan fingerprint density at radius 1 is 0.390 bits per heavy atom. The van der Waals surface area contributed by atoms with Crippen LogP contribution in [0.15, 0.2) is 84.9 Å². The van der Waals surface area contributed by atoms with Gasteiger partial charge in [-0.05, 0) is 106 Å². The molecule has 0 N–H and O–H groups in total. The molecule has 0 radical (unpaired) electrons. The molecule has 0 spiro atoms. The summed E-state index contributed by atoms with van der Waals surface area (Å²) in [5, 5.41) is 0. The third-order valence-electron chi connectivity index (χ3n) is 8.23. The zero-order valence-electron chi connectivity index (χ0n) is 26.7. The summed E-state index contributed by atoms with van der Waals surface area (Å²) in [6.07, 6.45) is 0. The van der Waals surface area contributed by atoms with Crippen molar-refractivity contribution in [2.24, 2.45) is 0 Å². The summed E-state index contributed by atoms with van der Waals surface area (Å²) in [5.74, 6) is 5.39. The fraction of sp³-hybridized carbons (Fsp3) is 0.385. The van der Waals surface area contributed by atoms with E-state index >= 15 is 0 Å². The second kappa shape index (κ2) is 12.6. The van der Waals surface area contributed by atoms with E-state index < -0.39 is 0 Å². The van der Waals surface area contributed by atoms with Gasteiger partial charge >= 0.3 is 0 Å². The van der Waals surface area contributed by atoms with E-state index in [-0.39, 0.29) is 5.41 Å². The van der Waals surface area contributed by atoms with E-state index in [1.165, 1.54) is 33.4 Å². The van der Waals surface area contributed by atoms with Crippen molar-refractivity contribution in [3.05, 3.63) is 118 Å². The van der Waals surface area contributed by atoms with Gasteiger partial charge in [-0.15, -0.1) is 0 Å². The Morgan fingerprint density at radius 2 is 0.683 bits per heavy atom. The van der Waals surface area contributed by atoms with Crippen molar-refractivity contribution in [1.29, 1.82) is 0 Å². The Balaban J connectivity index is 1.48. The Labute approximate surface area is 248 Å². The molecule has 4 aromatic rings. The summed E-state index contributed by atoms with van der Waals surface area (Å²) in [5.41, 5.74) is 7.82. The van der Waals surface area contributed by atoms with Crippen LogP contribution >= 0.6 is 0 Å². The molecule has 0 aliphatic rings. The molecule has 0 amide bonds. The first-order chi connectivity index (χ1) is 19.4. The number of hydrogen-bond donors (Lipinski definition) is 0. The van der Waals surface area contributed by atoms with E-state index in [4.69, 9.17) is 9.47 Å². The largest absolute Gasteiger partial charge is 0.457 e. The lowest BCUT2D eigenvalue weighted by Gasteiger charge is -2.26. The van der Waals surface area contributed by atoms with Crippen molar-refractivity contribution in [3.63, 3.8) is 0 Å². The SMILES string of the molecule is CC(C)c1ccc(Oc2ccc(C(C)(C)c3ccc(Oc4ccc(C(C)C)c(C(C)C)c4)cc3)cc2)cc1C(C)C. The van der Waals surface area contributed by atoms with Crippen LogP contribution in [0.25, 0.3) is 0 Å². The highest BCUT2D eigenvalue weighted by molar-refractivity contribution is 5.46. The molecule has 2 nitrogen and oxygen atoms in total. The van der Waals surface area contributed by atoms with E-state index in [1.54, 1.807) is 0 Å². The Kier molecular flexibility index (Phi) is 9.32. The molecule has 0 saturated carbocycles. The minimum absolute atomic E-state index is 0.162. The maximum absolute atomic E-state index is 6.28. The summed E-state index contributed by atoms with van der Waals surface area (Å²) < 4.78 is 12.6. The predicted molar refractivity (Wildman–Crippen MR) is 174 cm³/mol. The molecule has 4 aromatic carbocycles. The molecular weight excluding hydrogens is 500 g/mol. The van der Waals surface area contributed by atoms with E-state index in [2.05, 4.69) is 154 Å². The average molecular weight is 549 g/mol. The van der Waals surface area contributed by atoms with Gasteiger partial charge in [-0.25, -0.2) is 0 Å². The van der Waals surface area contributed by atoms with Gasteiger partial charge in [-0.2, -0.15) is 0 Å². The predicted octanol–water partition coefficient (Wildman–Crippen LogP) is 12.1. The van der Waals surface area contributed by atoms with Crippen molar-refractivity contribution in [1.82, 2.24) is 0 Å². The lowest BCUT2D eigenvalue weighted by molar-refractivity contribution is 0.479. The summed E-state index contributed by atoms with van der Waals surface area (Å²) >= 11 is 0. The van der Waals surface area contributed by atoms with Crippen LogP contribution < -0.4 is 9.47 Å². The van der Waals surface area contributed by atoms with Gasteiger partial charge < -0.3 is 9.47 Å². The van der Waals surface area contributed by atoms with Gasteiger partial charge in [0.15, 0.2) is 0 Å². The highest BCUT2D eigenvalue weighted by atomic mass is 16.5. The molecule has 0 aromatic heterocycles. The number of rotatable bonds is 10. The van der Waals surface area contributed by atoms with Crippen LogP contribution in [0.1, 0.15) is 126 Å². The zero-order chi connectivity index (χ0) is 29.9. The Hall–Kier alpha value is -3.52. The number of benzene rings is 4. The molecule has 0 bridgehead atoms. The van der Waals surface area contributed by atoms with Gasteiger partial charge in [0.25, 0.3) is 0 Å². The lowest BCUT2D eigenvalue weighted by atomic mass is 9.78. The van der Waals surface area contributed by atoms with E-state index in [0.717, 1.165) is 23.0 Å². The fourth-order valence-corrected chi connectivity index (χ4v) is 5.60. The summed E-state index contributed by atoms with van der Waals surface area (Å²) in [7, 11) is 0. The molecular formula is C39H48O2. The molecule has 216 valence electrons. The quantitative estimate of drug-likeness (QED) is 0.196. The van der Waals surface area contributed by atoms with Gasteiger partial charge in [0.2, 0.25) is 0 Å². The second-order valence-corrected chi connectivity index (χ2v) is 13.1. The van der Waals surface area contributed by atoms with Crippen molar-refractivity contribution >= 4 is 0 Å². The summed E-state index contributed by atoms with van der Waals surface area (Å²) in [6.45, 7) is 22.5. The maximum atomic E-state index is 6.28. The van der Waals surface area contributed by atoms with Gasteiger partial charge in [0.1, 0.15) is 23.0 Å². The highest BCUT2D eigenvalue weighted by Gasteiger charge is 2.23. The van der Waals surface area contributed by atoms with Crippen molar-refractivity contribution in [2.75, 3.05) is 0 Å². The molecule has 0 saturated heterocycles. The lowest BCUT2D eigenvalue weighted by Crippen LogP contribution is -2.18. The second-order valence-electron chi connectivity index (χ2n) is 13.1. The van der Waals surface area contributed by atoms with Crippen LogP contribution in [0.4, 0.5) is 0 Å². The van der Waals surface area contributed by atoms with E-state index in [1.807, 2.05) is 0 Å². The van der Waals surface area contributed by atoms with Crippen LogP contribution in [-0.2, 0) is 5.41 Å². The maximum Gasteiger partial charge on any atom is 0.127 e. The highest BCUT2D eigenvalue weighted by Crippen LogP contribution is 2.37. The van der Waals surface area contributed by atoms with Crippen molar-refractivity contribution < 1.29 is 9.47 Å². The molecule has 2 heteroatoms. The Bertz CT molecular complexity index is 1330. The summed E-state index contributed by atoms with van der Waals surface area (Å²) in [6, 6.07) is 30.0. The minimum Gasteiger partial charge on any atom is -0.457 e. The van der Waals surface area contributed by atoms with E-state index in [0.29, 0.717) is 23.7 Å². The van der Waals surface area contributed by atoms with Crippen molar-refractivity contribution in [3.8, 4) is 23.0 Å². The molecule has 0 aliphatic heterocycles. The van der Waals surface area contributed by atoms with Crippen LogP contribution in [0.5, 0.6) is 23.0 Å². The normalized spacial score (nSPS) is 12.0. The molecule has 0 unspecified atom stereocenters. The summed E-state index contributed by atoms with van der Waals surface area (Å²) in [4.78, 5) is 0. The molecule has 4 rings (SSSR count). The van der Waals surface area contributed by atoms with Crippen molar-refractivity contribution in [2.45, 2.75) is 98.3 Å². The molecule has 0 aliphatic carbocycles. The molecule has 0 fully saturated rings. The van der Waals surface area contributed by atoms with Gasteiger partial charge in [0, 0.05) is 5.41 Å². The first-order valence-electron chi connectivity index (χ1n) is 15.2. The smallest absolute Gasteiger partial charge is 0.127 e. The number of ether oxygens (including phenoxy) is 2.